The van der Waals surface area contributed by atoms with Gasteiger partial charge < -0.3 is 25.7 Å². The Hall–Kier alpha value is -1.34. The third kappa shape index (κ3) is 7.96. The van der Waals surface area contributed by atoms with Crippen LogP contribution < -0.4 is 10.6 Å². The smallest absolute Gasteiger partial charge is 0.337 e. The molecule has 0 spiro atoms. The van der Waals surface area contributed by atoms with Crippen molar-refractivity contribution in [1.82, 2.24) is 15.5 Å². The van der Waals surface area contributed by atoms with Crippen LogP contribution in [-0.2, 0) is 4.79 Å². The van der Waals surface area contributed by atoms with Crippen LogP contribution in [0.4, 0.5) is 4.79 Å². The highest BCUT2D eigenvalue weighted by molar-refractivity contribution is 5.79. The summed E-state index contributed by atoms with van der Waals surface area (Å²) in [6.07, 6.45) is 1.82. The molecule has 0 fully saturated rings. The highest BCUT2D eigenvalue weighted by atomic mass is 16.4. The number of aliphatic carboxylic acids is 1. The number of aliphatic hydroxyl groups is 1. The lowest BCUT2D eigenvalue weighted by molar-refractivity contribution is -0.155. The van der Waals surface area contributed by atoms with Crippen LogP contribution in [0.5, 0.6) is 0 Å². The topological polar surface area (TPSA) is 102 Å². The highest BCUT2D eigenvalue weighted by Gasteiger charge is 2.30. The van der Waals surface area contributed by atoms with Crippen LogP contribution in [0.2, 0.25) is 0 Å². The van der Waals surface area contributed by atoms with Gasteiger partial charge in [-0.15, -0.1) is 0 Å². The standard InChI is InChI=1S/C13H27N3O4/c1-10(2)16(4)8-6-5-7-14-12(19)15-9-13(3,20)11(17)18/h10,20H,5-9H2,1-4H3,(H,17,18)(H2,14,15,19). The molecule has 0 radical (unpaired) electrons. The molecule has 0 rings (SSSR count). The number of amides is 2. The van der Waals surface area contributed by atoms with Crippen LogP contribution in [0, 0.1) is 0 Å². The average Bonchev–Trinajstić information content (AvgIpc) is 2.35. The molecule has 0 saturated carbocycles. The van der Waals surface area contributed by atoms with Gasteiger partial charge >= 0.3 is 12.0 Å². The number of urea groups is 1. The number of rotatable bonds is 9. The number of nitrogens with one attached hydrogen (secondary N) is 2. The number of nitrogens with zero attached hydrogens (tertiary/aromatic N) is 1. The monoisotopic (exact) mass is 289 g/mol. The third-order valence-corrected chi connectivity index (χ3v) is 3.16. The van der Waals surface area contributed by atoms with E-state index < -0.39 is 17.6 Å². The Morgan fingerprint density at radius 2 is 1.85 bits per heavy atom. The molecular formula is C13H27N3O4. The number of carbonyl (C=O) groups excluding carboxylic acids is 1. The van der Waals surface area contributed by atoms with Gasteiger partial charge in [0.05, 0.1) is 6.54 Å². The number of hydrogen-bond acceptors (Lipinski definition) is 4. The fourth-order valence-electron chi connectivity index (χ4n) is 1.34. The van der Waals surface area contributed by atoms with Crippen LogP contribution in [0.15, 0.2) is 0 Å². The first-order valence-electron chi connectivity index (χ1n) is 6.84. The molecule has 0 aliphatic carbocycles. The van der Waals surface area contributed by atoms with E-state index >= 15 is 0 Å². The van der Waals surface area contributed by atoms with Gasteiger partial charge in [-0.1, -0.05) is 0 Å². The van der Waals surface area contributed by atoms with Gasteiger partial charge in [-0.2, -0.15) is 0 Å². The minimum Gasteiger partial charge on any atom is -0.479 e. The van der Waals surface area contributed by atoms with Crippen molar-refractivity contribution in [3.05, 3.63) is 0 Å². The summed E-state index contributed by atoms with van der Waals surface area (Å²) >= 11 is 0. The summed E-state index contributed by atoms with van der Waals surface area (Å²) in [5.41, 5.74) is -1.95. The summed E-state index contributed by atoms with van der Waals surface area (Å²) in [6.45, 7) is 6.55. The Bertz CT molecular complexity index is 319. The maximum Gasteiger partial charge on any atom is 0.337 e. The molecule has 0 aromatic carbocycles. The van der Waals surface area contributed by atoms with Crippen LogP contribution in [0.3, 0.4) is 0 Å². The second-order valence-electron chi connectivity index (χ2n) is 5.47. The summed E-state index contributed by atoms with van der Waals surface area (Å²) < 4.78 is 0. The maximum absolute atomic E-state index is 11.4. The van der Waals surface area contributed by atoms with Gasteiger partial charge in [0.2, 0.25) is 0 Å². The number of hydrogen-bond donors (Lipinski definition) is 4. The Balaban J connectivity index is 3.67. The average molecular weight is 289 g/mol. The molecule has 0 aliphatic heterocycles. The second-order valence-corrected chi connectivity index (χ2v) is 5.47. The van der Waals surface area contributed by atoms with Crippen molar-refractivity contribution in [3.8, 4) is 0 Å². The lowest BCUT2D eigenvalue weighted by Gasteiger charge is -2.21. The lowest BCUT2D eigenvalue weighted by Crippen LogP contribution is -2.49. The summed E-state index contributed by atoms with van der Waals surface area (Å²) in [7, 11) is 2.05. The van der Waals surface area contributed by atoms with Gasteiger partial charge in [-0.25, -0.2) is 9.59 Å². The van der Waals surface area contributed by atoms with Crippen LogP contribution >= 0.6 is 0 Å². The quantitative estimate of drug-likeness (QED) is 0.456. The highest BCUT2D eigenvalue weighted by Crippen LogP contribution is 2.00. The van der Waals surface area contributed by atoms with E-state index in [1.54, 1.807) is 0 Å². The summed E-state index contributed by atoms with van der Waals surface area (Å²) in [4.78, 5) is 24.2. The van der Waals surface area contributed by atoms with Gasteiger partial charge in [-0.05, 0) is 47.2 Å². The normalized spacial score (nSPS) is 14.2. The zero-order valence-corrected chi connectivity index (χ0v) is 12.8. The van der Waals surface area contributed by atoms with Gasteiger partial charge in [-0.3, -0.25) is 0 Å². The Kier molecular flexibility index (Phi) is 8.17. The zero-order valence-electron chi connectivity index (χ0n) is 12.8. The minimum absolute atomic E-state index is 0.329. The van der Waals surface area contributed by atoms with Crippen molar-refractivity contribution >= 4 is 12.0 Å². The summed E-state index contributed by atoms with van der Waals surface area (Å²) in [5, 5.41) is 23.0. The number of carboxylic acids is 1. The molecule has 118 valence electrons. The summed E-state index contributed by atoms with van der Waals surface area (Å²) in [6, 6.07) is 0.0354. The van der Waals surface area contributed by atoms with Gasteiger partial charge in [0, 0.05) is 12.6 Å². The Labute approximate surface area is 120 Å². The van der Waals surface area contributed by atoms with Crippen LogP contribution in [0.1, 0.15) is 33.6 Å². The largest absolute Gasteiger partial charge is 0.479 e. The Morgan fingerprint density at radius 3 is 2.35 bits per heavy atom. The fourth-order valence-corrected chi connectivity index (χ4v) is 1.34. The van der Waals surface area contributed by atoms with Crippen molar-refractivity contribution in [3.63, 3.8) is 0 Å². The number of carbonyl (C=O) groups is 2. The third-order valence-electron chi connectivity index (χ3n) is 3.16. The van der Waals surface area contributed by atoms with E-state index in [2.05, 4.69) is 36.4 Å². The molecule has 1 atom stereocenters. The first kappa shape index (κ1) is 18.7. The molecule has 0 aromatic heterocycles. The van der Waals surface area contributed by atoms with Crippen molar-refractivity contribution in [1.29, 1.82) is 0 Å². The van der Waals surface area contributed by atoms with E-state index in [0.717, 1.165) is 26.3 Å². The van der Waals surface area contributed by atoms with Crippen molar-refractivity contribution < 1.29 is 19.8 Å². The maximum atomic E-state index is 11.4. The van der Waals surface area contributed by atoms with E-state index in [1.807, 2.05) is 0 Å². The molecule has 0 aromatic rings. The molecule has 7 heteroatoms. The Morgan fingerprint density at radius 1 is 1.25 bits per heavy atom. The molecule has 0 heterocycles. The van der Waals surface area contributed by atoms with E-state index in [4.69, 9.17) is 5.11 Å². The molecule has 2 amide bonds. The van der Waals surface area contributed by atoms with Crippen molar-refractivity contribution in [2.24, 2.45) is 0 Å². The molecule has 0 aliphatic rings. The molecule has 1 unspecified atom stereocenters. The predicted molar refractivity (Wildman–Crippen MR) is 76.7 cm³/mol. The molecule has 7 nitrogen and oxygen atoms in total. The first-order chi connectivity index (χ1) is 9.16. The molecule has 4 N–H and O–H groups in total. The minimum atomic E-state index is -1.95. The zero-order chi connectivity index (χ0) is 15.8. The molecule has 0 bridgehead atoms. The fraction of sp³-hybridized carbons (Fsp3) is 0.846. The van der Waals surface area contributed by atoms with E-state index in [-0.39, 0.29) is 6.54 Å². The van der Waals surface area contributed by atoms with E-state index in [1.165, 1.54) is 0 Å². The molecule has 0 saturated heterocycles. The lowest BCUT2D eigenvalue weighted by atomic mass is 10.1. The van der Waals surface area contributed by atoms with Crippen molar-refractivity contribution in [2.75, 3.05) is 26.7 Å². The van der Waals surface area contributed by atoms with E-state index in [9.17, 15) is 14.7 Å². The van der Waals surface area contributed by atoms with Crippen LogP contribution in [0.25, 0.3) is 0 Å². The van der Waals surface area contributed by atoms with Crippen LogP contribution in [-0.4, -0.2) is 65.4 Å². The van der Waals surface area contributed by atoms with Crippen molar-refractivity contribution in [2.45, 2.75) is 45.3 Å². The first-order valence-corrected chi connectivity index (χ1v) is 6.84. The van der Waals surface area contributed by atoms with Gasteiger partial charge in [0.1, 0.15) is 0 Å². The molecule has 20 heavy (non-hydrogen) atoms. The van der Waals surface area contributed by atoms with Gasteiger partial charge in [0.15, 0.2) is 5.60 Å². The summed E-state index contributed by atoms with van der Waals surface area (Å²) in [5.74, 6) is -1.37. The SMILES string of the molecule is CC(C)N(C)CCCCNC(=O)NCC(C)(O)C(=O)O. The molecular weight excluding hydrogens is 262 g/mol. The predicted octanol–water partition coefficient (Wildman–Crippen LogP) is 0.242. The number of unbranched alkanes of at least 4 members (excludes halogenated alkanes) is 1. The van der Waals surface area contributed by atoms with Gasteiger partial charge in [0.25, 0.3) is 0 Å². The van der Waals surface area contributed by atoms with E-state index in [0.29, 0.717) is 12.6 Å². The number of carboxylic acid groups (broad SMARTS) is 1. The second kappa shape index (κ2) is 8.76.